The van der Waals surface area contributed by atoms with E-state index < -0.39 is 0 Å². The number of aryl methyl sites for hydroxylation is 1. The van der Waals surface area contributed by atoms with Crippen molar-refractivity contribution < 1.29 is 9.53 Å². The third-order valence-electron chi connectivity index (χ3n) is 4.76. The molecule has 1 aromatic carbocycles. The van der Waals surface area contributed by atoms with E-state index in [-0.39, 0.29) is 5.91 Å². The summed E-state index contributed by atoms with van der Waals surface area (Å²) in [6, 6.07) is 7.73. The number of imidazole rings is 1. The molecule has 1 amide bonds. The van der Waals surface area contributed by atoms with E-state index in [1.54, 1.807) is 7.11 Å². The number of hydrogen-bond donors (Lipinski definition) is 0. The monoisotopic (exact) mass is 342 g/mol. The number of carbonyl (C=O) groups excluding carboxylic acids is 1. The maximum Gasteiger partial charge on any atom is 0.227 e. The van der Waals surface area contributed by atoms with Crippen molar-refractivity contribution >= 4 is 5.91 Å². The van der Waals surface area contributed by atoms with Crippen LogP contribution in [0.5, 0.6) is 5.75 Å². The summed E-state index contributed by atoms with van der Waals surface area (Å²) in [6.45, 7) is 4.28. The molecule has 3 rings (SSSR count). The van der Waals surface area contributed by atoms with Crippen LogP contribution in [-0.2, 0) is 24.8 Å². The van der Waals surface area contributed by atoms with E-state index in [9.17, 15) is 4.79 Å². The molecule has 0 radical (unpaired) electrons. The van der Waals surface area contributed by atoms with Crippen LogP contribution in [0.25, 0.3) is 0 Å². The highest BCUT2D eigenvalue weighted by Crippen LogP contribution is 2.19. The van der Waals surface area contributed by atoms with Crippen LogP contribution in [0.1, 0.15) is 17.8 Å². The van der Waals surface area contributed by atoms with E-state index in [2.05, 4.69) is 14.5 Å². The molecule has 1 saturated heterocycles. The van der Waals surface area contributed by atoms with Gasteiger partial charge >= 0.3 is 0 Å². The van der Waals surface area contributed by atoms with Crippen LogP contribution in [0, 0.1) is 0 Å². The molecule has 0 saturated carbocycles. The first kappa shape index (κ1) is 17.5. The van der Waals surface area contributed by atoms with Gasteiger partial charge in [-0.25, -0.2) is 4.98 Å². The average molecular weight is 342 g/mol. The molecular weight excluding hydrogens is 316 g/mol. The molecule has 1 fully saturated rings. The van der Waals surface area contributed by atoms with E-state index >= 15 is 0 Å². The maximum absolute atomic E-state index is 12.7. The third kappa shape index (κ3) is 4.39. The van der Waals surface area contributed by atoms with E-state index in [1.165, 1.54) is 0 Å². The number of rotatable bonds is 5. The lowest BCUT2D eigenvalue weighted by Crippen LogP contribution is -2.36. The SMILES string of the molecule is COc1ccccc1CC(=O)N1CCCN(Cc2nccn2C)CC1. The Balaban J connectivity index is 1.57. The number of hydrogen-bond acceptors (Lipinski definition) is 4. The summed E-state index contributed by atoms with van der Waals surface area (Å²) in [5.41, 5.74) is 0.948. The minimum atomic E-state index is 0.170. The number of benzene rings is 1. The van der Waals surface area contributed by atoms with Gasteiger partial charge in [0, 0.05) is 51.2 Å². The smallest absolute Gasteiger partial charge is 0.227 e. The third-order valence-corrected chi connectivity index (χ3v) is 4.76. The molecule has 0 atom stereocenters. The quantitative estimate of drug-likeness (QED) is 0.830. The van der Waals surface area contributed by atoms with Gasteiger partial charge < -0.3 is 14.2 Å². The van der Waals surface area contributed by atoms with Crippen LogP contribution >= 0.6 is 0 Å². The first-order chi connectivity index (χ1) is 12.2. The molecule has 1 aromatic heterocycles. The Hall–Kier alpha value is -2.34. The lowest BCUT2D eigenvalue weighted by molar-refractivity contribution is -0.130. The Labute approximate surface area is 149 Å². The standard InChI is InChI=1S/C19H26N4O2/c1-21-11-8-20-18(21)15-22-9-5-10-23(13-12-22)19(24)14-16-6-3-4-7-17(16)25-2/h3-4,6-8,11H,5,9-10,12-15H2,1-2H3. The predicted molar refractivity (Wildman–Crippen MR) is 96.4 cm³/mol. The van der Waals surface area contributed by atoms with E-state index in [0.717, 1.165) is 56.3 Å². The maximum atomic E-state index is 12.7. The highest BCUT2D eigenvalue weighted by atomic mass is 16.5. The first-order valence-electron chi connectivity index (χ1n) is 8.75. The van der Waals surface area contributed by atoms with Crippen molar-refractivity contribution in [1.82, 2.24) is 19.4 Å². The van der Waals surface area contributed by atoms with Crippen molar-refractivity contribution in [2.24, 2.45) is 7.05 Å². The van der Waals surface area contributed by atoms with Gasteiger partial charge in [-0.05, 0) is 12.5 Å². The molecule has 0 bridgehead atoms. The predicted octanol–water partition coefficient (Wildman–Crippen LogP) is 1.71. The lowest BCUT2D eigenvalue weighted by Gasteiger charge is -2.22. The van der Waals surface area contributed by atoms with Gasteiger partial charge in [0.15, 0.2) is 0 Å². The van der Waals surface area contributed by atoms with Crippen molar-refractivity contribution in [1.29, 1.82) is 0 Å². The Bertz CT molecular complexity index is 713. The van der Waals surface area contributed by atoms with Gasteiger partial charge in [0.1, 0.15) is 11.6 Å². The molecule has 0 N–H and O–H groups in total. The second kappa shape index (κ2) is 8.16. The van der Waals surface area contributed by atoms with Gasteiger partial charge in [-0.1, -0.05) is 18.2 Å². The fourth-order valence-electron chi connectivity index (χ4n) is 3.25. The molecule has 0 aliphatic carbocycles. The summed E-state index contributed by atoms with van der Waals surface area (Å²) in [6.07, 6.45) is 5.18. The highest BCUT2D eigenvalue weighted by molar-refractivity contribution is 5.79. The summed E-state index contributed by atoms with van der Waals surface area (Å²) in [5, 5.41) is 0. The molecule has 2 heterocycles. The van der Waals surface area contributed by atoms with Crippen LogP contribution in [0.3, 0.4) is 0 Å². The van der Waals surface area contributed by atoms with Crippen LogP contribution in [0.2, 0.25) is 0 Å². The number of para-hydroxylation sites is 1. The molecule has 2 aromatic rings. The van der Waals surface area contributed by atoms with Crippen molar-refractivity contribution in [3.8, 4) is 5.75 Å². The molecular formula is C19H26N4O2. The van der Waals surface area contributed by atoms with Gasteiger partial charge in [0.05, 0.1) is 20.1 Å². The van der Waals surface area contributed by atoms with Crippen molar-refractivity contribution in [2.75, 3.05) is 33.3 Å². The molecule has 0 unspecified atom stereocenters. The first-order valence-corrected chi connectivity index (χ1v) is 8.75. The van der Waals surface area contributed by atoms with E-state index in [1.807, 2.05) is 48.6 Å². The highest BCUT2D eigenvalue weighted by Gasteiger charge is 2.21. The minimum absolute atomic E-state index is 0.170. The number of nitrogens with zero attached hydrogens (tertiary/aromatic N) is 4. The summed E-state index contributed by atoms with van der Waals surface area (Å²) in [7, 11) is 3.66. The van der Waals surface area contributed by atoms with Crippen LogP contribution in [0.4, 0.5) is 0 Å². The topological polar surface area (TPSA) is 50.6 Å². The van der Waals surface area contributed by atoms with Crippen molar-refractivity contribution in [3.05, 3.63) is 48.0 Å². The summed E-state index contributed by atoms with van der Waals surface area (Å²) >= 11 is 0. The summed E-state index contributed by atoms with van der Waals surface area (Å²) in [5.74, 6) is 2.01. The number of carbonyl (C=O) groups is 1. The number of aromatic nitrogens is 2. The van der Waals surface area contributed by atoms with Gasteiger partial charge in [-0.2, -0.15) is 0 Å². The molecule has 1 aliphatic heterocycles. The van der Waals surface area contributed by atoms with Gasteiger partial charge in [0.2, 0.25) is 5.91 Å². The largest absolute Gasteiger partial charge is 0.496 e. The normalized spacial score (nSPS) is 15.8. The Kier molecular flexibility index (Phi) is 5.71. The van der Waals surface area contributed by atoms with Gasteiger partial charge in [-0.15, -0.1) is 0 Å². The number of amides is 1. The summed E-state index contributed by atoms with van der Waals surface area (Å²) in [4.78, 5) is 21.4. The molecule has 25 heavy (non-hydrogen) atoms. The molecule has 0 spiro atoms. The zero-order valence-electron chi connectivity index (χ0n) is 15.0. The molecule has 134 valence electrons. The minimum Gasteiger partial charge on any atom is -0.496 e. The van der Waals surface area contributed by atoms with Crippen molar-refractivity contribution in [2.45, 2.75) is 19.4 Å². The number of methoxy groups -OCH3 is 1. The van der Waals surface area contributed by atoms with Crippen molar-refractivity contribution in [3.63, 3.8) is 0 Å². The number of ether oxygens (including phenoxy) is 1. The zero-order chi connectivity index (χ0) is 17.6. The lowest BCUT2D eigenvalue weighted by atomic mass is 10.1. The summed E-state index contributed by atoms with van der Waals surface area (Å²) < 4.78 is 7.41. The van der Waals surface area contributed by atoms with Gasteiger partial charge in [0.25, 0.3) is 0 Å². The van der Waals surface area contributed by atoms with E-state index in [0.29, 0.717) is 6.42 Å². The van der Waals surface area contributed by atoms with Gasteiger partial charge in [-0.3, -0.25) is 9.69 Å². The Morgan fingerprint density at radius 2 is 2.04 bits per heavy atom. The molecule has 6 nitrogen and oxygen atoms in total. The van der Waals surface area contributed by atoms with Crippen LogP contribution in [0.15, 0.2) is 36.7 Å². The Morgan fingerprint density at radius 1 is 1.20 bits per heavy atom. The fraction of sp³-hybridized carbons (Fsp3) is 0.474. The van der Waals surface area contributed by atoms with Crippen LogP contribution < -0.4 is 4.74 Å². The van der Waals surface area contributed by atoms with Crippen LogP contribution in [-0.4, -0.2) is 58.5 Å². The Morgan fingerprint density at radius 3 is 2.80 bits per heavy atom. The fourth-order valence-corrected chi connectivity index (χ4v) is 3.25. The second-order valence-corrected chi connectivity index (χ2v) is 6.45. The van der Waals surface area contributed by atoms with E-state index in [4.69, 9.17) is 4.74 Å². The average Bonchev–Trinajstić information content (AvgIpc) is 2.88. The molecule has 1 aliphatic rings. The zero-order valence-corrected chi connectivity index (χ0v) is 15.0. The molecule has 6 heteroatoms. The second-order valence-electron chi connectivity index (χ2n) is 6.45.